The molecule has 30 heavy (non-hydrogen) atoms. The Labute approximate surface area is 176 Å². The molecule has 8 heteroatoms. The van der Waals surface area contributed by atoms with Crippen molar-refractivity contribution in [1.82, 2.24) is 16.0 Å². The molecular weight excluding hydrogens is 386 g/mol. The first kappa shape index (κ1) is 21.8. The number of carbonyl (C=O) groups is 4. The molecular formula is C22H29N3O5. The molecule has 0 radical (unpaired) electrons. The summed E-state index contributed by atoms with van der Waals surface area (Å²) < 4.78 is 5.42. The Balaban J connectivity index is 1.55. The van der Waals surface area contributed by atoms with Crippen LogP contribution in [0.4, 0.5) is 4.79 Å². The van der Waals surface area contributed by atoms with E-state index in [-0.39, 0.29) is 18.2 Å². The highest BCUT2D eigenvalue weighted by Crippen LogP contribution is 2.33. The number of hydrogen-bond donors (Lipinski definition) is 3. The highest BCUT2D eigenvalue weighted by Gasteiger charge is 2.33. The van der Waals surface area contributed by atoms with Gasteiger partial charge in [-0.1, -0.05) is 43.2 Å². The number of amides is 3. The summed E-state index contributed by atoms with van der Waals surface area (Å²) in [5, 5.41) is 8.06. The van der Waals surface area contributed by atoms with Gasteiger partial charge in [0, 0.05) is 12.5 Å². The third-order valence-corrected chi connectivity index (χ3v) is 5.62. The van der Waals surface area contributed by atoms with Crippen LogP contribution >= 0.6 is 0 Å². The molecule has 3 rings (SSSR count). The minimum Gasteiger partial charge on any atom is -0.442 e. The average Bonchev–Trinajstić information content (AvgIpc) is 3.47. The molecule has 0 bridgehead atoms. The third kappa shape index (κ3) is 6.30. The van der Waals surface area contributed by atoms with Gasteiger partial charge < -0.3 is 25.5 Å². The second-order valence-corrected chi connectivity index (χ2v) is 8.10. The van der Waals surface area contributed by atoms with Crippen LogP contribution in [0.2, 0.25) is 0 Å². The molecule has 0 unspecified atom stereocenters. The van der Waals surface area contributed by atoms with E-state index < -0.39 is 30.2 Å². The lowest BCUT2D eigenvalue weighted by molar-refractivity contribution is -0.127. The van der Waals surface area contributed by atoms with E-state index in [1.54, 1.807) is 6.92 Å². The van der Waals surface area contributed by atoms with Gasteiger partial charge >= 0.3 is 6.09 Å². The van der Waals surface area contributed by atoms with Gasteiger partial charge in [0.2, 0.25) is 11.8 Å². The summed E-state index contributed by atoms with van der Waals surface area (Å²) in [6.45, 7) is 2.35. The van der Waals surface area contributed by atoms with Gasteiger partial charge in [-0.2, -0.15) is 0 Å². The van der Waals surface area contributed by atoms with E-state index in [0.29, 0.717) is 31.6 Å². The summed E-state index contributed by atoms with van der Waals surface area (Å²) >= 11 is 0. The number of ether oxygens (including phenoxy) is 1. The smallest absolute Gasteiger partial charge is 0.408 e. The minimum absolute atomic E-state index is 0.0952. The van der Waals surface area contributed by atoms with Crippen molar-refractivity contribution in [2.75, 3.05) is 6.54 Å². The van der Waals surface area contributed by atoms with Gasteiger partial charge in [0.25, 0.3) is 0 Å². The molecule has 1 aliphatic carbocycles. The normalized spacial score (nSPS) is 21.1. The predicted octanol–water partition coefficient (Wildman–Crippen LogP) is 1.85. The van der Waals surface area contributed by atoms with Gasteiger partial charge in [-0.25, -0.2) is 4.79 Å². The molecule has 1 aromatic carbocycles. The maximum absolute atomic E-state index is 12.8. The van der Waals surface area contributed by atoms with Crippen molar-refractivity contribution in [1.29, 1.82) is 0 Å². The molecule has 3 amide bonds. The zero-order valence-corrected chi connectivity index (χ0v) is 17.1. The fourth-order valence-corrected chi connectivity index (χ4v) is 3.66. The predicted molar refractivity (Wildman–Crippen MR) is 109 cm³/mol. The van der Waals surface area contributed by atoms with Crippen molar-refractivity contribution >= 4 is 24.2 Å². The zero-order valence-electron chi connectivity index (χ0n) is 17.1. The van der Waals surface area contributed by atoms with E-state index in [9.17, 15) is 19.2 Å². The van der Waals surface area contributed by atoms with Crippen LogP contribution in [0.25, 0.3) is 0 Å². The minimum atomic E-state index is -0.784. The first-order valence-corrected chi connectivity index (χ1v) is 10.5. The van der Waals surface area contributed by atoms with E-state index in [1.165, 1.54) is 0 Å². The van der Waals surface area contributed by atoms with Gasteiger partial charge in [-0.15, -0.1) is 0 Å². The molecule has 1 aliphatic heterocycles. The van der Waals surface area contributed by atoms with Crippen LogP contribution in [0.15, 0.2) is 30.3 Å². The fourth-order valence-electron chi connectivity index (χ4n) is 3.66. The van der Waals surface area contributed by atoms with E-state index in [4.69, 9.17) is 4.74 Å². The Kier molecular flexibility index (Phi) is 7.43. The maximum atomic E-state index is 12.8. The summed E-state index contributed by atoms with van der Waals surface area (Å²) in [4.78, 5) is 48.4. The second kappa shape index (κ2) is 10.2. The Hall–Kier alpha value is -2.90. The maximum Gasteiger partial charge on any atom is 0.408 e. The van der Waals surface area contributed by atoms with Gasteiger partial charge in [0.1, 0.15) is 18.4 Å². The standard InChI is InChI=1S/C22H29N3O5/c1-14(16-5-3-2-4-6-16)30-22(29)25-19(11-15-7-8-15)21(28)24-18(13-26)12-17-9-10-23-20(17)27/h2-6,13-15,17-19H,7-12H2,1H3,(H,23,27)(H,24,28)(H,25,29)/t14-,17-,18-,19-/m0/s1. The van der Waals surface area contributed by atoms with Crippen LogP contribution in [-0.4, -0.2) is 42.8 Å². The summed E-state index contributed by atoms with van der Waals surface area (Å²) in [6, 6.07) is 7.77. The number of aldehydes is 1. The van der Waals surface area contributed by atoms with Crippen molar-refractivity contribution in [2.45, 2.75) is 57.2 Å². The van der Waals surface area contributed by atoms with Crippen molar-refractivity contribution in [3.63, 3.8) is 0 Å². The number of nitrogens with one attached hydrogen (secondary N) is 3. The average molecular weight is 415 g/mol. The first-order valence-electron chi connectivity index (χ1n) is 10.5. The largest absolute Gasteiger partial charge is 0.442 e. The third-order valence-electron chi connectivity index (χ3n) is 5.62. The summed E-state index contributed by atoms with van der Waals surface area (Å²) in [5.41, 5.74) is 0.853. The molecule has 1 heterocycles. The Morgan fingerprint density at radius 1 is 1.17 bits per heavy atom. The number of carbonyl (C=O) groups excluding carboxylic acids is 4. The molecule has 1 saturated heterocycles. The van der Waals surface area contributed by atoms with Crippen LogP contribution in [0.3, 0.4) is 0 Å². The SMILES string of the molecule is C[C@H](OC(=O)N[C@@H](CC1CC1)C(=O)N[C@H](C=O)C[C@@H]1CCNC1=O)c1ccccc1. The molecule has 0 aromatic heterocycles. The lowest BCUT2D eigenvalue weighted by Crippen LogP contribution is -2.51. The molecule has 0 spiro atoms. The van der Waals surface area contributed by atoms with Crippen LogP contribution in [0, 0.1) is 11.8 Å². The van der Waals surface area contributed by atoms with Gasteiger partial charge in [-0.05, 0) is 37.7 Å². The lowest BCUT2D eigenvalue weighted by Gasteiger charge is -2.22. The monoisotopic (exact) mass is 415 g/mol. The lowest BCUT2D eigenvalue weighted by atomic mass is 9.98. The van der Waals surface area contributed by atoms with Gasteiger partial charge in [0.05, 0.1) is 6.04 Å². The molecule has 162 valence electrons. The van der Waals surface area contributed by atoms with Gasteiger partial charge in [0.15, 0.2) is 0 Å². The van der Waals surface area contributed by atoms with Crippen LogP contribution in [0.5, 0.6) is 0 Å². The van der Waals surface area contributed by atoms with Crippen molar-refractivity contribution in [2.24, 2.45) is 11.8 Å². The number of benzene rings is 1. The molecule has 1 saturated carbocycles. The zero-order chi connectivity index (χ0) is 21.5. The van der Waals surface area contributed by atoms with Crippen molar-refractivity contribution in [3.05, 3.63) is 35.9 Å². The Morgan fingerprint density at radius 2 is 1.90 bits per heavy atom. The van der Waals surface area contributed by atoms with Gasteiger partial charge in [-0.3, -0.25) is 9.59 Å². The molecule has 2 aliphatic rings. The van der Waals surface area contributed by atoms with Crippen LogP contribution < -0.4 is 16.0 Å². The van der Waals surface area contributed by atoms with Crippen molar-refractivity contribution < 1.29 is 23.9 Å². The fraction of sp³-hybridized carbons (Fsp3) is 0.545. The van der Waals surface area contributed by atoms with E-state index in [2.05, 4.69) is 16.0 Å². The highest BCUT2D eigenvalue weighted by molar-refractivity contribution is 5.88. The number of hydrogen-bond acceptors (Lipinski definition) is 5. The molecule has 1 aromatic rings. The quantitative estimate of drug-likeness (QED) is 0.505. The Morgan fingerprint density at radius 3 is 2.50 bits per heavy atom. The summed E-state index contributed by atoms with van der Waals surface area (Å²) in [6.07, 6.45) is 2.94. The van der Waals surface area contributed by atoms with Crippen LogP contribution in [-0.2, 0) is 19.1 Å². The first-order chi connectivity index (χ1) is 14.5. The topological polar surface area (TPSA) is 114 Å². The highest BCUT2D eigenvalue weighted by atomic mass is 16.6. The van der Waals surface area contributed by atoms with E-state index >= 15 is 0 Å². The second-order valence-electron chi connectivity index (χ2n) is 8.10. The summed E-state index contributed by atoms with van der Waals surface area (Å²) in [7, 11) is 0. The molecule has 8 nitrogen and oxygen atoms in total. The van der Waals surface area contributed by atoms with Crippen LogP contribution in [0.1, 0.15) is 50.7 Å². The van der Waals surface area contributed by atoms with E-state index in [1.807, 2.05) is 30.3 Å². The molecule has 3 N–H and O–H groups in total. The van der Waals surface area contributed by atoms with E-state index in [0.717, 1.165) is 18.4 Å². The van der Waals surface area contributed by atoms with Crippen molar-refractivity contribution in [3.8, 4) is 0 Å². The molecule has 4 atom stereocenters. The summed E-state index contributed by atoms with van der Waals surface area (Å²) in [5.74, 6) is -0.432. The number of alkyl carbamates (subject to hydrolysis) is 1. The number of rotatable bonds is 10. The Bertz CT molecular complexity index is 765. The molecule has 2 fully saturated rings.